The number of carbonyl (C=O) groups is 3. The first-order valence-electron chi connectivity index (χ1n) is 12.6. The molecule has 0 saturated heterocycles. The van der Waals surface area contributed by atoms with Crippen LogP contribution in [0, 0.1) is 0 Å². The first kappa shape index (κ1) is 30.1. The van der Waals surface area contributed by atoms with Gasteiger partial charge in [-0.25, -0.2) is 10.2 Å². The van der Waals surface area contributed by atoms with E-state index in [1.165, 1.54) is 24.4 Å². The Morgan fingerprint density at radius 2 is 1.64 bits per heavy atom. The molecule has 0 radical (unpaired) electrons. The smallest absolute Gasteiger partial charge is 0.343 e. The van der Waals surface area contributed by atoms with Crippen LogP contribution in [-0.2, 0) is 0 Å². The lowest BCUT2D eigenvalue weighted by molar-refractivity contribution is 0.0728. The molecular weight excluding hydrogens is 581 g/mol. The summed E-state index contributed by atoms with van der Waals surface area (Å²) in [6.07, 6.45) is 1.42. The Morgan fingerprint density at radius 1 is 0.857 bits per heavy atom. The molecule has 2 N–H and O–H groups in total. The predicted molar refractivity (Wildman–Crippen MR) is 161 cm³/mol. The number of carbonyl (C=O) groups excluding carboxylic acids is 3. The SMILES string of the molecule is CCOc1cc(C=NNC(=O)c2cccc(NC(=O)c3ccc(Cl)cc3Cl)c2)ccc1OC(=O)c1ccc(OC)cc1. The van der Waals surface area contributed by atoms with E-state index in [0.717, 1.165) is 0 Å². The molecule has 214 valence electrons. The number of amides is 2. The van der Waals surface area contributed by atoms with Crippen molar-refractivity contribution in [3.63, 3.8) is 0 Å². The molecule has 0 heterocycles. The first-order valence-corrected chi connectivity index (χ1v) is 13.4. The fourth-order valence-electron chi connectivity index (χ4n) is 3.68. The molecule has 0 atom stereocenters. The van der Waals surface area contributed by atoms with Gasteiger partial charge >= 0.3 is 5.97 Å². The van der Waals surface area contributed by atoms with Gasteiger partial charge in [0.25, 0.3) is 11.8 Å². The second-order valence-electron chi connectivity index (χ2n) is 8.62. The summed E-state index contributed by atoms with van der Waals surface area (Å²) >= 11 is 12.0. The number of benzene rings is 4. The number of anilines is 1. The molecule has 0 aliphatic heterocycles. The van der Waals surface area contributed by atoms with Crippen LogP contribution in [0.25, 0.3) is 0 Å². The van der Waals surface area contributed by atoms with Crippen molar-refractivity contribution in [1.29, 1.82) is 0 Å². The zero-order chi connectivity index (χ0) is 30.1. The van der Waals surface area contributed by atoms with Gasteiger partial charge in [0.05, 0.1) is 36.1 Å². The van der Waals surface area contributed by atoms with Gasteiger partial charge < -0.3 is 19.5 Å². The van der Waals surface area contributed by atoms with Gasteiger partial charge in [0, 0.05) is 16.3 Å². The molecule has 0 fully saturated rings. The zero-order valence-electron chi connectivity index (χ0n) is 22.5. The molecule has 0 saturated carbocycles. The number of halogens is 2. The standard InChI is InChI=1S/C31H25Cl2N3O6/c1-3-41-28-15-19(7-14-27(28)42-31(39)20-8-11-24(40-2)12-9-20)18-34-36-29(37)21-5-4-6-23(16-21)35-30(38)25-13-10-22(32)17-26(25)33/h4-18H,3H2,1-2H3,(H,35,38)(H,36,37). The van der Waals surface area contributed by atoms with Crippen LogP contribution < -0.4 is 25.0 Å². The van der Waals surface area contributed by atoms with Crippen molar-refractivity contribution in [2.75, 3.05) is 19.0 Å². The second kappa shape index (κ2) is 14.2. The lowest BCUT2D eigenvalue weighted by Crippen LogP contribution is -2.18. The lowest BCUT2D eigenvalue weighted by Gasteiger charge is -2.11. The highest BCUT2D eigenvalue weighted by Gasteiger charge is 2.15. The van der Waals surface area contributed by atoms with E-state index in [1.807, 2.05) is 0 Å². The van der Waals surface area contributed by atoms with Crippen molar-refractivity contribution in [2.45, 2.75) is 6.92 Å². The highest BCUT2D eigenvalue weighted by molar-refractivity contribution is 6.37. The summed E-state index contributed by atoms with van der Waals surface area (Å²) in [6, 6.07) is 22.3. The largest absolute Gasteiger partial charge is 0.497 e. The van der Waals surface area contributed by atoms with Gasteiger partial charge in [0.2, 0.25) is 0 Å². The maximum Gasteiger partial charge on any atom is 0.343 e. The van der Waals surface area contributed by atoms with Crippen molar-refractivity contribution >= 4 is 52.9 Å². The lowest BCUT2D eigenvalue weighted by atomic mass is 10.1. The van der Waals surface area contributed by atoms with Gasteiger partial charge in [-0.15, -0.1) is 0 Å². The van der Waals surface area contributed by atoms with E-state index in [2.05, 4.69) is 15.8 Å². The molecule has 4 aromatic carbocycles. The number of hydrogen-bond donors (Lipinski definition) is 2. The fraction of sp³-hybridized carbons (Fsp3) is 0.0968. The summed E-state index contributed by atoms with van der Waals surface area (Å²) in [5, 5.41) is 7.34. The van der Waals surface area contributed by atoms with E-state index in [0.29, 0.717) is 39.9 Å². The van der Waals surface area contributed by atoms with Crippen molar-refractivity contribution in [2.24, 2.45) is 5.10 Å². The molecule has 4 rings (SSSR count). The molecule has 9 nitrogen and oxygen atoms in total. The van der Waals surface area contributed by atoms with E-state index >= 15 is 0 Å². The average Bonchev–Trinajstić information content (AvgIpc) is 2.98. The third kappa shape index (κ3) is 7.87. The quantitative estimate of drug-likeness (QED) is 0.0906. The monoisotopic (exact) mass is 605 g/mol. The van der Waals surface area contributed by atoms with Gasteiger partial charge in [0.1, 0.15) is 5.75 Å². The Bertz CT molecular complexity index is 1640. The molecule has 2 amide bonds. The molecule has 0 unspecified atom stereocenters. The van der Waals surface area contributed by atoms with E-state index in [4.69, 9.17) is 37.4 Å². The number of nitrogens with zero attached hydrogens (tertiary/aromatic N) is 1. The Morgan fingerprint density at radius 3 is 2.36 bits per heavy atom. The third-order valence-electron chi connectivity index (χ3n) is 5.73. The topological polar surface area (TPSA) is 115 Å². The van der Waals surface area contributed by atoms with Crippen LogP contribution >= 0.6 is 23.2 Å². The number of esters is 1. The van der Waals surface area contributed by atoms with Gasteiger partial charge in [-0.2, -0.15) is 5.10 Å². The summed E-state index contributed by atoms with van der Waals surface area (Å²) in [4.78, 5) is 37.9. The Kier molecular flexibility index (Phi) is 10.1. The molecule has 0 aliphatic carbocycles. The molecule has 11 heteroatoms. The van der Waals surface area contributed by atoms with Crippen LogP contribution in [0.3, 0.4) is 0 Å². The van der Waals surface area contributed by atoms with E-state index in [1.54, 1.807) is 80.8 Å². The minimum absolute atomic E-state index is 0.208. The van der Waals surface area contributed by atoms with E-state index in [9.17, 15) is 14.4 Å². The van der Waals surface area contributed by atoms with Crippen LogP contribution in [0.15, 0.2) is 90.0 Å². The predicted octanol–water partition coefficient (Wildman–Crippen LogP) is 6.64. The summed E-state index contributed by atoms with van der Waals surface area (Å²) in [5.74, 6) is -0.313. The van der Waals surface area contributed by atoms with Crippen LogP contribution in [0.5, 0.6) is 17.2 Å². The summed E-state index contributed by atoms with van der Waals surface area (Å²) in [5.41, 5.74) is 4.29. The average molecular weight is 606 g/mol. The highest BCUT2D eigenvalue weighted by atomic mass is 35.5. The van der Waals surface area contributed by atoms with Gasteiger partial charge in [-0.05, 0) is 91.3 Å². The Labute approximate surface area is 252 Å². The number of rotatable bonds is 10. The normalized spacial score (nSPS) is 10.7. The minimum Gasteiger partial charge on any atom is -0.497 e. The van der Waals surface area contributed by atoms with Crippen LogP contribution in [0.2, 0.25) is 10.0 Å². The van der Waals surface area contributed by atoms with Crippen LogP contribution in [0.1, 0.15) is 43.6 Å². The number of nitrogens with one attached hydrogen (secondary N) is 2. The van der Waals surface area contributed by atoms with Crippen molar-refractivity contribution in [3.05, 3.63) is 117 Å². The van der Waals surface area contributed by atoms with Crippen molar-refractivity contribution in [3.8, 4) is 17.2 Å². The molecule has 0 aromatic heterocycles. The third-order valence-corrected chi connectivity index (χ3v) is 6.28. The van der Waals surface area contributed by atoms with Crippen LogP contribution in [0.4, 0.5) is 5.69 Å². The maximum atomic E-state index is 12.7. The molecule has 0 bridgehead atoms. The highest BCUT2D eigenvalue weighted by Crippen LogP contribution is 2.29. The minimum atomic E-state index is -0.554. The zero-order valence-corrected chi connectivity index (χ0v) is 24.0. The fourth-order valence-corrected chi connectivity index (χ4v) is 4.18. The summed E-state index contributed by atoms with van der Waals surface area (Å²) in [7, 11) is 1.54. The molecule has 0 aliphatic rings. The van der Waals surface area contributed by atoms with Gasteiger partial charge in [0.15, 0.2) is 11.5 Å². The van der Waals surface area contributed by atoms with E-state index in [-0.39, 0.29) is 21.9 Å². The maximum absolute atomic E-state index is 12.7. The molecule has 0 spiro atoms. The van der Waals surface area contributed by atoms with Crippen molar-refractivity contribution in [1.82, 2.24) is 5.43 Å². The number of methoxy groups -OCH3 is 1. The molecule has 4 aromatic rings. The summed E-state index contributed by atoms with van der Waals surface area (Å²) in [6.45, 7) is 2.14. The van der Waals surface area contributed by atoms with E-state index < -0.39 is 17.8 Å². The second-order valence-corrected chi connectivity index (χ2v) is 9.46. The first-order chi connectivity index (χ1) is 20.3. The van der Waals surface area contributed by atoms with Gasteiger partial charge in [-0.3, -0.25) is 9.59 Å². The summed E-state index contributed by atoms with van der Waals surface area (Å²) < 4.78 is 16.3. The van der Waals surface area contributed by atoms with Crippen LogP contribution in [-0.4, -0.2) is 37.7 Å². The molecular formula is C31H25Cl2N3O6. The number of ether oxygens (including phenoxy) is 3. The number of hydrazone groups is 1. The Hall–Kier alpha value is -4.86. The van der Waals surface area contributed by atoms with Crippen molar-refractivity contribution < 1.29 is 28.6 Å². The molecule has 42 heavy (non-hydrogen) atoms. The Balaban J connectivity index is 1.39. The van der Waals surface area contributed by atoms with Gasteiger partial charge in [-0.1, -0.05) is 29.3 Å². The number of hydrogen-bond acceptors (Lipinski definition) is 7.